The highest BCUT2D eigenvalue weighted by atomic mass is 15.2. The van der Waals surface area contributed by atoms with Crippen LogP contribution in [-0.2, 0) is 6.54 Å². The predicted octanol–water partition coefficient (Wildman–Crippen LogP) is 2.65. The molecular formula is C17H24N2. The Kier molecular flexibility index (Phi) is 3.08. The lowest BCUT2D eigenvalue weighted by atomic mass is 10.0. The maximum Gasteiger partial charge on any atom is 0.0253 e. The monoisotopic (exact) mass is 256 g/mol. The largest absolute Gasteiger partial charge is 0.311 e. The van der Waals surface area contributed by atoms with Crippen LogP contribution >= 0.6 is 0 Å². The van der Waals surface area contributed by atoms with Crippen molar-refractivity contribution in [3.63, 3.8) is 0 Å². The van der Waals surface area contributed by atoms with Crippen LogP contribution in [0.4, 0.5) is 0 Å². The van der Waals surface area contributed by atoms with E-state index in [9.17, 15) is 0 Å². The van der Waals surface area contributed by atoms with Gasteiger partial charge in [0, 0.05) is 31.7 Å². The van der Waals surface area contributed by atoms with Crippen molar-refractivity contribution in [1.82, 2.24) is 10.2 Å². The van der Waals surface area contributed by atoms with Crippen LogP contribution in [0.2, 0.25) is 0 Å². The maximum absolute atomic E-state index is 3.83. The quantitative estimate of drug-likeness (QED) is 0.891. The molecule has 0 radical (unpaired) electrons. The van der Waals surface area contributed by atoms with Crippen molar-refractivity contribution in [1.29, 1.82) is 0 Å². The van der Waals surface area contributed by atoms with Crippen molar-refractivity contribution in [3.8, 4) is 0 Å². The van der Waals surface area contributed by atoms with Gasteiger partial charge in [0.05, 0.1) is 0 Å². The van der Waals surface area contributed by atoms with Crippen molar-refractivity contribution in [2.24, 2.45) is 11.8 Å². The first kappa shape index (κ1) is 11.9. The minimum atomic E-state index is 0.763. The van der Waals surface area contributed by atoms with E-state index in [4.69, 9.17) is 0 Å². The van der Waals surface area contributed by atoms with E-state index in [-0.39, 0.29) is 0 Å². The van der Waals surface area contributed by atoms with E-state index in [2.05, 4.69) is 40.5 Å². The summed E-state index contributed by atoms with van der Waals surface area (Å²) in [5.74, 6) is 1.94. The van der Waals surface area contributed by atoms with E-state index in [1.165, 1.54) is 44.3 Å². The number of nitrogens with zero attached hydrogens (tertiary/aromatic N) is 1. The lowest BCUT2D eigenvalue weighted by Crippen LogP contribution is -2.57. The number of hydrogen-bond acceptors (Lipinski definition) is 2. The van der Waals surface area contributed by atoms with Gasteiger partial charge in [0.2, 0.25) is 0 Å². The van der Waals surface area contributed by atoms with Crippen molar-refractivity contribution in [2.75, 3.05) is 13.1 Å². The molecule has 2 saturated carbocycles. The maximum atomic E-state index is 3.83. The van der Waals surface area contributed by atoms with Crippen LogP contribution in [0.5, 0.6) is 0 Å². The molecule has 0 amide bonds. The zero-order valence-electron chi connectivity index (χ0n) is 11.6. The van der Waals surface area contributed by atoms with Crippen LogP contribution in [-0.4, -0.2) is 30.1 Å². The lowest BCUT2D eigenvalue weighted by molar-refractivity contribution is 0.100. The van der Waals surface area contributed by atoms with Crippen LogP contribution < -0.4 is 5.32 Å². The highest BCUT2D eigenvalue weighted by molar-refractivity contribution is 5.15. The number of rotatable bonds is 4. The van der Waals surface area contributed by atoms with Gasteiger partial charge >= 0.3 is 0 Å². The molecule has 2 aliphatic carbocycles. The third kappa shape index (κ3) is 2.70. The van der Waals surface area contributed by atoms with Gasteiger partial charge in [-0.1, -0.05) is 30.3 Å². The Morgan fingerprint density at radius 3 is 2.42 bits per heavy atom. The molecule has 0 bridgehead atoms. The fourth-order valence-electron chi connectivity index (χ4n) is 3.61. The Bertz CT molecular complexity index is 422. The van der Waals surface area contributed by atoms with Crippen molar-refractivity contribution in [2.45, 2.75) is 44.3 Å². The van der Waals surface area contributed by atoms with E-state index in [1.807, 2.05) is 0 Å². The first-order chi connectivity index (χ1) is 9.40. The first-order valence-electron chi connectivity index (χ1n) is 7.91. The molecule has 2 atom stereocenters. The molecule has 0 spiro atoms. The molecule has 4 rings (SSSR count). The fraction of sp³-hybridized carbons (Fsp3) is 0.647. The summed E-state index contributed by atoms with van der Waals surface area (Å²) in [6.45, 7) is 3.63. The second-order valence-corrected chi connectivity index (χ2v) is 6.67. The molecule has 1 N–H and O–H groups in total. The van der Waals surface area contributed by atoms with E-state index in [0.29, 0.717) is 0 Å². The molecule has 1 heterocycles. The molecule has 0 aromatic heterocycles. The van der Waals surface area contributed by atoms with E-state index >= 15 is 0 Å². The van der Waals surface area contributed by atoms with Gasteiger partial charge < -0.3 is 5.32 Å². The van der Waals surface area contributed by atoms with Crippen LogP contribution in [0.25, 0.3) is 0 Å². The van der Waals surface area contributed by atoms with Gasteiger partial charge in [0.1, 0.15) is 0 Å². The zero-order chi connectivity index (χ0) is 12.7. The average Bonchev–Trinajstić information content (AvgIpc) is 3.30. The van der Waals surface area contributed by atoms with Crippen molar-refractivity contribution >= 4 is 0 Å². The first-order valence-corrected chi connectivity index (χ1v) is 7.91. The number of piperazine rings is 1. The molecule has 19 heavy (non-hydrogen) atoms. The summed E-state index contributed by atoms with van der Waals surface area (Å²) >= 11 is 0. The summed E-state index contributed by atoms with van der Waals surface area (Å²) in [6, 6.07) is 12.6. The van der Waals surface area contributed by atoms with Gasteiger partial charge in [-0.05, 0) is 43.1 Å². The molecule has 1 aromatic rings. The minimum absolute atomic E-state index is 0.763. The van der Waals surface area contributed by atoms with Gasteiger partial charge in [-0.2, -0.15) is 0 Å². The molecule has 3 fully saturated rings. The molecule has 2 nitrogen and oxygen atoms in total. The van der Waals surface area contributed by atoms with Crippen LogP contribution in [0.3, 0.4) is 0 Å². The molecule has 2 heteroatoms. The summed E-state index contributed by atoms with van der Waals surface area (Å²) in [6.07, 6.45) is 5.80. The summed E-state index contributed by atoms with van der Waals surface area (Å²) < 4.78 is 0. The van der Waals surface area contributed by atoms with Gasteiger partial charge in [-0.15, -0.1) is 0 Å². The summed E-state index contributed by atoms with van der Waals surface area (Å²) in [4.78, 5) is 2.77. The van der Waals surface area contributed by atoms with E-state index < -0.39 is 0 Å². The highest BCUT2D eigenvalue weighted by Gasteiger charge is 2.42. The second-order valence-electron chi connectivity index (χ2n) is 6.67. The Morgan fingerprint density at radius 2 is 1.74 bits per heavy atom. The molecule has 1 saturated heterocycles. The number of benzene rings is 1. The van der Waals surface area contributed by atoms with Gasteiger partial charge in [0.15, 0.2) is 0 Å². The van der Waals surface area contributed by atoms with Gasteiger partial charge in [-0.25, -0.2) is 0 Å². The van der Waals surface area contributed by atoms with Crippen LogP contribution in [0.15, 0.2) is 30.3 Å². The summed E-state index contributed by atoms with van der Waals surface area (Å²) in [7, 11) is 0. The van der Waals surface area contributed by atoms with Gasteiger partial charge in [0.25, 0.3) is 0 Å². The minimum Gasteiger partial charge on any atom is -0.311 e. The lowest BCUT2D eigenvalue weighted by Gasteiger charge is -2.41. The Balaban J connectivity index is 1.47. The molecule has 102 valence electrons. The molecule has 3 aliphatic rings. The molecule has 1 aliphatic heterocycles. The Morgan fingerprint density at radius 1 is 1.00 bits per heavy atom. The van der Waals surface area contributed by atoms with Crippen LogP contribution in [0.1, 0.15) is 31.2 Å². The van der Waals surface area contributed by atoms with Gasteiger partial charge in [-0.3, -0.25) is 4.90 Å². The molecule has 2 unspecified atom stereocenters. The van der Waals surface area contributed by atoms with E-state index in [1.54, 1.807) is 0 Å². The SMILES string of the molecule is c1ccc(CN2CC(C3CC3)NCC2C2CC2)cc1. The smallest absolute Gasteiger partial charge is 0.0253 e. The number of nitrogens with one attached hydrogen (secondary N) is 1. The standard InChI is InChI=1S/C17H24N2/c1-2-4-13(5-3-1)11-19-12-16(14-6-7-14)18-10-17(19)15-8-9-15/h1-5,14-18H,6-12H2. The topological polar surface area (TPSA) is 15.3 Å². The fourth-order valence-corrected chi connectivity index (χ4v) is 3.61. The predicted molar refractivity (Wildman–Crippen MR) is 77.9 cm³/mol. The summed E-state index contributed by atoms with van der Waals surface area (Å²) in [5.41, 5.74) is 1.48. The second kappa shape index (κ2) is 4.92. The normalized spacial score (nSPS) is 32.4. The Hall–Kier alpha value is -0.860. The third-order valence-corrected chi connectivity index (χ3v) is 5.08. The zero-order valence-corrected chi connectivity index (χ0v) is 11.6. The highest BCUT2D eigenvalue weighted by Crippen LogP contribution is 2.40. The van der Waals surface area contributed by atoms with Crippen molar-refractivity contribution in [3.05, 3.63) is 35.9 Å². The summed E-state index contributed by atoms with van der Waals surface area (Å²) in [5, 5.41) is 3.83. The third-order valence-electron chi connectivity index (χ3n) is 5.08. The molecular weight excluding hydrogens is 232 g/mol. The Labute approximate surface area is 116 Å². The number of hydrogen-bond donors (Lipinski definition) is 1. The van der Waals surface area contributed by atoms with Crippen molar-refractivity contribution < 1.29 is 0 Å². The molecule has 1 aromatic carbocycles. The van der Waals surface area contributed by atoms with E-state index in [0.717, 1.165) is 30.5 Å². The van der Waals surface area contributed by atoms with Crippen LogP contribution in [0, 0.1) is 11.8 Å². The average molecular weight is 256 g/mol.